The van der Waals surface area contributed by atoms with E-state index < -0.39 is 24.1 Å². The van der Waals surface area contributed by atoms with Gasteiger partial charge in [0, 0.05) is 0 Å². The van der Waals surface area contributed by atoms with Crippen molar-refractivity contribution in [3.63, 3.8) is 0 Å². The summed E-state index contributed by atoms with van der Waals surface area (Å²) in [4.78, 5) is 39.2. The molecule has 2 aliphatic rings. The van der Waals surface area contributed by atoms with Gasteiger partial charge in [0.2, 0.25) is 0 Å². The Morgan fingerprint density at radius 1 is 0.754 bits per heavy atom. The van der Waals surface area contributed by atoms with Crippen LogP contribution in [0.25, 0.3) is 10.8 Å². The predicted octanol–water partition coefficient (Wildman–Crippen LogP) is 9.56. The zero-order valence-corrected chi connectivity index (χ0v) is 32.8. The van der Waals surface area contributed by atoms with E-state index in [0.29, 0.717) is 25.0 Å². The molecule has 57 heavy (non-hydrogen) atoms. The molecule has 0 spiro atoms. The molecule has 9 nitrogen and oxygen atoms in total. The zero-order chi connectivity index (χ0) is 39.7. The van der Waals surface area contributed by atoms with Gasteiger partial charge in [0.1, 0.15) is 36.9 Å². The van der Waals surface area contributed by atoms with Crippen LogP contribution in [-0.2, 0) is 54.6 Å². The van der Waals surface area contributed by atoms with Gasteiger partial charge < -0.3 is 28.4 Å². The lowest BCUT2D eigenvalue weighted by atomic mass is 9.73. The molecule has 0 bridgehead atoms. The summed E-state index contributed by atoms with van der Waals surface area (Å²) >= 11 is 0. The van der Waals surface area contributed by atoms with Gasteiger partial charge in [0.25, 0.3) is 0 Å². The van der Waals surface area contributed by atoms with E-state index in [9.17, 15) is 14.4 Å². The Morgan fingerprint density at radius 3 is 2.19 bits per heavy atom. The standard InChI is InChI=1S/C48H50O9/c1-31(56-48(51)55-29-34-13-8-5-9-14-34)17-22-41-42-25-38-15-10-16-44(53-30-46(49)54-28-33-11-6-4-7-12-33)43(38)26-39(42)27-45(41)57-47(50)32(2)35-18-19-37-24-40(52-3)21-20-36(37)23-35/h4-16,18-21,23-24,31-32,39,41-42,45H,17,22,25-30H2,1-3H3/t31-,32-,39-,41+,42-,45+/m0/s1. The van der Waals surface area contributed by atoms with Crippen LogP contribution >= 0.6 is 0 Å². The summed E-state index contributed by atoms with van der Waals surface area (Å²) in [5, 5.41) is 2.06. The van der Waals surface area contributed by atoms with Crippen LogP contribution in [-0.4, -0.2) is 44.0 Å². The number of carbonyl (C=O) groups is 3. The molecule has 1 saturated carbocycles. The summed E-state index contributed by atoms with van der Waals surface area (Å²) in [5.74, 6) is 0.810. The molecule has 0 unspecified atom stereocenters. The van der Waals surface area contributed by atoms with E-state index in [1.807, 2.05) is 123 Å². The fraction of sp³-hybridized carbons (Fsp3) is 0.354. The van der Waals surface area contributed by atoms with E-state index in [1.165, 1.54) is 5.56 Å². The van der Waals surface area contributed by atoms with Gasteiger partial charge in [0.05, 0.1) is 13.0 Å². The molecule has 7 rings (SSSR count). The van der Waals surface area contributed by atoms with Gasteiger partial charge in [-0.2, -0.15) is 0 Å². The minimum atomic E-state index is -0.704. The van der Waals surface area contributed by atoms with Gasteiger partial charge in [-0.05, 0) is 120 Å². The van der Waals surface area contributed by atoms with Crippen molar-refractivity contribution in [2.45, 2.75) is 77.3 Å². The van der Waals surface area contributed by atoms with Gasteiger partial charge >= 0.3 is 18.1 Å². The number of esters is 2. The fourth-order valence-corrected chi connectivity index (χ4v) is 8.39. The Labute approximate surface area is 334 Å². The molecular formula is C48H50O9. The molecule has 2 aliphatic carbocycles. The summed E-state index contributed by atoms with van der Waals surface area (Å²) in [6.07, 6.45) is 2.11. The van der Waals surface area contributed by atoms with Crippen LogP contribution < -0.4 is 9.47 Å². The van der Waals surface area contributed by atoms with Gasteiger partial charge in [-0.1, -0.05) is 97.1 Å². The molecule has 0 N–H and O–H groups in total. The average molecular weight is 771 g/mol. The number of ether oxygens (including phenoxy) is 6. The van der Waals surface area contributed by atoms with Crippen molar-refractivity contribution in [2.75, 3.05) is 13.7 Å². The number of rotatable bonds is 15. The maximum absolute atomic E-state index is 13.9. The molecule has 5 aromatic carbocycles. The molecule has 9 heteroatoms. The second-order valence-corrected chi connectivity index (χ2v) is 15.3. The van der Waals surface area contributed by atoms with Crippen molar-refractivity contribution in [3.8, 4) is 11.5 Å². The number of carbonyl (C=O) groups excluding carboxylic acids is 3. The summed E-state index contributed by atoms with van der Waals surface area (Å²) in [7, 11) is 1.65. The van der Waals surface area contributed by atoms with Crippen molar-refractivity contribution >= 4 is 28.9 Å². The quantitative estimate of drug-likeness (QED) is 0.0760. The number of hydrogen-bond donors (Lipinski definition) is 0. The second kappa shape index (κ2) is 18.4. The second-order valence-electron chi connectivity index (χ2n) is 15.3. The summed E-state index contributed by atoms with van der Waals surface area (Å²) in [6, 6.07) is 37.0. The van der Waals surface area contributed by atoms with Crippen molar-refractivity contribution in [1.82, 2.24) is 0 Å². The van der Waals surface area contributed by atoms with Crippen LogP contribution in [0.2, 0.25) is 0 Å². The molecule has 0 radical (unpaired) electrons. The van der Waals surface area contributed by atoms with E-state index in [4.69, 9.17) is 28.4 Å². The Kier molecular flexibility index (Phi) is 12.7. The highest BCUT2D eigenvalue weighted by molar-refractivity contribution is 5.87. The van der Waals surface area contributed by atoms with E-state index in [1.54, 1.807) is 7.11 Å². The average Bonchev–Trinajstić information content (AvgIpc) is 3.57. The molecule has 0 amide bonds. The van der Waals surface area contributed by atoms with E-state index >= 15 is 0 Å². The highest BCUT2D eigenvalue weighted by Crippen LogP contribution is 2.50. The summed E-state index contributed by atoms with van der Waals surface area (Å²) in [6.45, 7) is 3.91. The summed E-state index contributed by atoms with van der Waals surface area (Å²) < 4.78 is 34.4. The van der Waals surface area contributed by atoms with Crippen molar-refractivity contribution in [2.24, 2.45) is 17.8 Å². The number of methoxy groups -OCH3 is 1. The Hall–Kier alpha value is -5.83. The molecule has 0 heterocycles. The first-order valence-corrected chi connectivity index (χ1v) is 19.8. The van der Waals surface area contributed by atoms with Crippen LogP contribution in [0.5, 0.6) is 11.5 Å². The largest absolute Gasteiger partial charge is 0.508 e. The molecule has 1 fully saturated rings. The Bertz CT molecular complexity index is 2150. The fourth-order valence-electron chi connectivity index (χ4n) is 8.39. The smallest absolute Gasteiger partial charge is 0.497 e. The zero-order valence-electron chi connectivity index (χ0n) is 32.8. The molecule has 0 saturated heterocycles. The first-order valence-electron chi connectivity index (χ1n) is 19.8. The lowest BCUT2D eigenvalue weighted by molar-refractivity contribution is -0.153. The van der Waals surface area contributed by atoms with Gasteiger partial charge in [-0.15, -0.1) is 0 Å². The molecule has 0 aliphatic heterocycles. The third-order valence-corrected chi connectivity index (χ3v) is 11.5. The van der Waals surface area contributed by atoms with Gasteiger partial charge in [-0.25, -0.2) is 9.59 Å². The van der Waals surface area contributed by atoms with Gasteiger partial charge in [0.15, 0.2) is 6.61 Å². The third-order valence-electron chi connectivity index (χ3n) is 11.5. The third kappa shape index (κ3) is 9.95. The van der Waals surface area contributed by atoms with Gasteiger partial charge in [-0.3, -0.25) is 4.79 Å². The first-order chi connectivity index (χ1) is 27.7. The normalized spacial score (nSPS) is 19.4. The minimum absolute atomic E-state index is 0.0484. The molecule has 6 atom stereocenters. The monoisotopic (exact) mass is 770 g/mol. The van der Waals surface area contributed by atoms with Crippen LogP contribution in [0.4, 0.5) is 4.79 Å². The van der Waals surface area contributed by atoms with Crippen LogP contribution in [0.3, 0.4) is 0 Å². The predicted molar refractivity (Wildman–Crippen MR) is 216 cm³/mol. The molecule has 5 aromatic rings. The first kappa shape index (κ1) is 39.4. The Morgan fingerprint density at radius 2 is 1.46 bits per heavy atom. The van der Waals surface area contributed by atoms with Crippen LogP contribution in [0, 0.1) is 17.8 Å². The lowest BCUT2D eigenvalue weighted by Crippen LogP contribution is -2.31. The molecule has 296 valence electrons. The van der Waals surface area contributed by atoms with Crippen LogP contribution in [0.1, 0.15) is 66.8 Å². The van der Waals surface area contributed by atoms with E-state index in [2.05, 4.69) is 6.07 Å². The minimum Gasteiger partial charge on any atom is -0.497 e. The van der Waals surface area contributed by atoms with Crippen molar-refractivity contribution < 1.29 is 42.8 Å². The number of hydrogen-bond acceptors (Lipinski definition) is 9. The highest BCUT2D eigenvalue weighted by Gasteiger charge is 2.47. The van der Waals surface area contributed by atoms with Crippen LogP contribution in [0.15, 0.2) is 115 Å². The topological polar surface area (TPSA) is 107 Å². The number of benzene rings is 5. The maximum atomic E-state index is 13.9. The van der Waals surface area contributed by atoms with Crippen molar-refractivity contribution in [3.05, 3.63) is 143 Å². The van der Waals surface area contributed by atoms with Crippen molar-refractivity contribution in [1.29, 1.82) is 0 Å². The molecule has 0 aromatic heterocycles. The Balaban J connectivity index is 1.03. The number of fused-ring (bicyclic) bond motifs is 3. The molecular weight excluding hydrogens is 721 g/mol. The van der Waals surface area contributed by atoms with E-state index in [-0.39, 0.29) is 49.6 Å². The van der Waals surface area contributed by atoms with E-state index in [0.717, 1.165) is 51.6 Å². The summed E-state index contributed by atoms with van der Waals surface area (Å²) in [5.41, 5.74) is 4.93. The SMILES string of the molecule is COc1ccc2cc([C@H](C)C(=O)O[C@@H]3C[C@@H]4Cc5c(cccc5OCC(=O)OCc5ccccc5)C[C@@H]4[C@H]3CC[C@H](C)OC(=O)OCc3ccccc3)ccc2c1. The highest BCUT2D eigenvalue weighted by atomic mass is 16.7. The lowest BCUT2D eigenvalue weighted by Gasteiger charge is -2.33. The maximum Gasteiger partial charge on any atom is 0.508 e.